The average Bonchev–Trinajstić information content (AvgIpc) is 3.36. The molecule has 0 bridgehead atoms. The summed E-state index contributed by atoms with van der Waals surface area (Å²) >= 11 is 1.56. The second-order valence-electron chi connectivity index (χ2n) is 7.63. The molecule has 31 heavy (non-hydrogen) atoms. The highest BCUT2D eigenvalue weighted by molar-refractivity contribution is 7.11. The van der Waals surface area contributed by atoms with E-state index >= 15 is 0 Å². The van der Waals surface area contributed by atoms with Gasteiger partial charge >= 0.3 is 6.18 Å². The van der Waals surface area contributed by atoms with Gasteiger partial charge in [0.1, 0.15) is 11.4 Å². The Hall–Kier alpha value is -2.81. The van der Waals surface area contributed by atoms with Gasteiger partial charge in [-0.25, -0.2) is 4.68 Å². The number of nitrogens with one attached hydrogen (secondary N) is 2. The van der Waals surface area contributed by atoms with Crippen molar-refractivity contribution < 1.29 is 18.0 Å². The van der Waals surface area contributed by atoms with E-state index < -0.39 is 24.2 Å². The third-order valence-corrected chi connectivity index (χ3v) is 6.49. The Bertz CT molecular complexity index is 1070. The Labute approximate surface area is 182 Å². The van der Waals surface area contributed by atoms with E-state index in [1.165, 1.54) is 6.20 Å². The van der Waals surface area contributed by atoms with Crippen molar-refractivity contribution >= 4 is 23.1 Å². The number of amides is 1. The molecule has 2 N–H and O–H groups in total. The van der Waals surface area contributed by atoms with Crippen molar-refractivity contribution in [3.8, 4) is 0 Å². The van der Waals surface area contributed by atoms with Crippen LogP contribution >= 0.6 is 11.3 Å². The Kier molecular flexibility index (Phi) is 5.79. The number of benzene rings is 1. The van der Waals surface area contributed by atoms with Crippen LogP contribution in [0.25, 0.3) is 0 Å². The van der Waals surface area contributed by atoms with Gasteiger partial charge in [0.05, 0.1) is 18.8 Å². The van der Waals surface area contributed by atoms with Crippen LogP contribution in [0.3, 0.4) is 0 Å². The van der Waals surface area contributed by atoms with Gasteiger partial charge in [-0.3, -0.25) is 4.79 Å². The molecule has 0 radical (unpaired) electrons. The van der Waals surface area contributed by atoms with E-state index in [-0.39, 0.29) is 17.8 Å². The zero-order valence-corrected chi connectivity index (χ0v) is 18.0. The van der Waals surface area contributed by atoms with Crippen LogP contribution in [0.2, 0.25) is 0 Å². The molecule has 2 unspecified atom stereocenters. The Morgan fingerprint density at radius 3 is 2.61 bits per heavy atom. The number of anilines is 1. The van der Waals surface area contributed by atoms with Crippen LogP contribution in [-0.4, -0.2) is 21.9 Å². The second-order valence-corrected chi connectivity index (χ2v) is 9.00. The molecule has 1 aliphatic heterocycles. The molecule has 0 saturated heterocycles. The summed E-state index contributed by atoms with van der Waals surface area (Å²) in [5, 5.41) is 9.83. The zero-order valence-electron chi connectivity index (χ0n) is 17.2. The lowest BCUT2D eigenvalue weighted by Crippen LogP contribution is -2.36. The molecule has 2 atom stereocenters. The predicted molar refractivity (Wildman–Crippen MR) is 114 cm³/mol. The number of nitrogens with zero attached hydrogens (tertiary/aromatic N) is 2. The summed E-state index contributed by atoms with van der Waals surface area (Å²) in [4.78, 5) is 14.9. The van der Waals surface area contributed by atoms with E-state index in [9.17, 15) is 18.0 Å². The summed E-state index contributed by atoms with van der Waals surface area (Å²) in [6.45, 7) is 4.31. The summed E-state index contributed by atoms with van der Waals surface area (Å²) in [5.41, 5.74) is 1.97. The Balaban J connectivity index is 1.61. The molecule has 5 nitrogen and oxygen atoms in total. The van der Waals surface area contributed by atoms with E-state index in [2.05, 4.69) is 15.7 Å². The van der Waals surface area contributed by atoms with Crippen molar-refractivity contribution in [2.24, 2.45) is 0 Å². The van der Waals surface area contributed by atoms with Gasteiger partial charge in [0.25, 0.3) is 5.91 Å². The van der Waals surface area contributed by atoms with Crippen LogP contribution in [0, 0.1) is 6.92 Å². The normalized spacial score (nSPS) is 18.4. The van der Waals surface area contributed by atoms with Gasteiger partial charge < -0.3 is 10.6 Å². The third-order valence-electron chi connectivity index (χ3n) is 5.49. The van der Waals surface area contributed by atoms with Gasteiger partial charge in [-0.15, -0.1) is 11.3 Å². The first kappa shape index (κ1) is 21.4. The molecule has 0 spiro atoms. The van der Waals surface area contributed by atoms with Crippen LogP contribution < -0.4 is 10.6 Å². The highest BCUT2D eigenvalue weighted by atomic mass is 32.1. The predicted octanol–water partition coefficient (Wildman–Crippen LogP) is 5.41. The Morgan fingerprint density at radius 2 is 2.00 bits per heavy atom. The summed E-state index contributed by atoms with van der Waals surface area (Å²) in [7, 11) is 0. The number of fused-ring (bicyclic) bond motifs is 1. The van der Waals surface area contributed by atoms with Gasteiger partial charge in [0.15, 0.2) is 6.04 Å². The minimum absolute atomic E-state index is 0.0954. The van der Waals surface area contributed by atoms with Crippen LogP contribution in [0.15, 0.2) is 42.6 Å². The number of thiophene rings is 1. The number of hydrogen-bond acceptors (Lipinski definition) is 4. The molecule has 3 aromatic rings. The minimum atomic E-state index is -4.48. The molecule has 4 rings (SSSR count). The van der Waals surface area contributed by atoms with Crippen LogP contribution in [0.5, 0.6) is 0 Å². The van der Waals surface area contributed by atoms with Gasteiger partial charge in [0.2, 0.25) is 0 Å². The summed E-state index contributed by atoms with van der Waals surface area (Å²) in [5.74, 6) is -0.360. The molecule has 0 aliphatic carbocycles. The summed E-state index contributed by atoms with van der Waals surface area (Å²) < 4.78 is 42.4. The number of halogens is 3. The fourth-order valence-electron chi connectivity index (χ4n) is 3.78. The minimum Gasteiger partial charge on any atom is -0.363 e. The van der Waals surface area contributed by atoms with E-state index in [0.29, 0.717) is 6.54 Å². The lowest BCUT2D eigenvalue weighted by Gasteiger charge is -2.34. The fourth-order valence-corrected chi connectivity index (χ4v) is 4.61. The molecule has 164 valence electrons. The van der Waals surface area contributed by atoms with E-state index in [0.717, 1.165) is 32.0 Å². The summed E-state index contributed by atoms with van der Waals surface area (Å²) in [6, 6.07) is 9.02. The number of rotatable bonds is 5. The van der Waals surface area contributed by atoms with Gasteiger partial charge in [0, 0.05) is 16.2 Å². The number of carbonyl (C=O) groups excluding carboxylic acids is 1. The number of hydrogen-bond donors (Lipinski definition) is 2. The van der Waals surface area contributed by atoms with Crippen LogP contribution in [0.1, 0.15) is 56.7 Å². The molecule has 0 fully saturated rings. The molecular formula is C22H23F3N4OS. The lowest BCUT2D eigenvalue weighted by molar-refractivity contribution is -0.173. The maximum absolute atomic E-state index is 13.8. The molecule has 1 aromatic carbocycles. The van der Waals surface area contributed by atoms with Crippen LogP contribution in [0.4, 0.5) is 19.0 Å². The molecule has 9 heteroatoms. The van der Waals surface area contributed by atoms with Crippen molar-refractivity contribution in [1.82, 2.24) is 15.1 Å². The first-order chi connectivity index (χ1) is 14.8. The fraction of sp³-hybridized carbons (Fsp3) is 0.364. The van der Waals surface area contributed by atoms with E-state index in [1.54, 1.807) is 11.3 Å². The SMILES string of the molecule is CCc1ccc(C2CC(C(F)(F)F)n3ncc(C(=O)NCc4ccc(C)s4)c3N2)cc1. The zero-order chi connectivity index (χ0) is 22.2. The average molecular weight is 449 g/mol. The third kappa shape index (κ3) is 4.46. The lowest BCUT2D eigenvalue weighted by atomic mass is 9.95. The van der Waals surface area contributed by atoms with E-state index in [1.807, 2.05) is 50.2 Å². The van der Waals surface area contributed by atoms with Crippen molar-refractivity contribution in [2.45, 2.75) is 51.5 Å². The Morgan fingerprint density at radius 1 is 1.26 bits per heavy atom. The second kappa shape index (κ2) is 8.37. The largest absolute Gasteiger partial charge is 0.410 e. The highest BCUT2D eigenvalue weighted by Gasteiger charge is 2.47. The maximum Gasteiger partial charge on any atom is 0.410 e. The molecule has 1 aliphatic rings. The van der Waals surface area contributed by atoms with Crippen molar-refractivity contribution in [3.63, 3.8) is 0 Å². The highest BCUT2D eigenvalue weighted by Crippen LogP contribution is 2.44. The standard InChI is InChI=1S/C22H23F3N4OS/c1-3-14-5-7-15(8-6-14)18-10-19(22(23,24)25)29-20(28-18)17(12-27-29)21(30)26-11-16-9-4-13(2)31-16/h4-9,12,18-19,28H,3,10-11H2,1-2H3,(H,26,30). The number of alkyl halides is 3. The molecular weight excluding hydrogens is 425 g/mol. The number of aryl methyl sites for hydroxylation is 2. The van der Waals surface area contributed by atoms with Crippen molar-refractivity contribution in [2.75, 3.05) is 5.32 Å². The monoisotopic (exact) mass is 448 g/mol. The first-order valence-electron chi connectivity index (χ1n) is 10.1. The van der Waals surface area contributed by atoms with Crippen molar-refractivity contribution in [1.29, 1.82) is 0 Å². The first-order valence-corrected chi connectivity index (χ1v) is 10.9. The molecule has 1 amide bonds. The smallest absolute Gasteiger partial charge is 0.363 e. The number of carbonyl (C=O) groups is 1. The van der Waals surface area contributed by atoms with Gasteiger partial charge in [-0.05, 0) is 36.6 Å². The van der Waals surface area contributed by atoms with Crippen molar-refractivity contribution in [3.05, 3.63) is 69.0 Å². The topological polar surface area (TPSA) is 59.0 Å². The maximum atomic E-state index is 13.8. The molecule has 2 aromatic heterocycles. The molecule has 3 heterocycles. The van der Waals surface area contributed by atoms with Gasteiger partial charge in [-0.2, -0.15) is 18.3 Å². The number of aromatic nitrogens is 2. The van der Waals surface area contributed by atoms with Gasteiger partial charge in [-0.1, -0.05) is 31.2 Å². The van der Waals surface area contributed by atoms with Crippen LogP contribution in [-0.2, 0) is 13.0 Å². The van der Waals surface area contributed by atoms with E-state index in [4.69, 9.17) is 0 Å². The molecule has 0 saturated carbocycles. The summed E-state index contributed by atoms with van der Waals surface area (Å²) in [6.07, 6.45) is -2.62. The quantitative estimate of drug-likeness (QED) is 0.549.